The summed E-state index contributed by atoms with van der Waals surface area (Å²) >= 11 is 0. The molecule has 4 N–H and O–H groups in total. The van der Waals surface area contributed by atoms with Gasteiger partial charge in [0.1, 0.15) is 6.04 Å². The van der Waals surface area contributed by atoms with Crippen molar-refractivity contribution in [3.05, 3.63) is 0 Å². The molecule has 3 aliphatic rings. The lowest BCUT2D eigenvalue weighted by Crippen LogP contribution is -2.54. The zero-order valence-electron chi connectivity index (χ0n) is 10.9. The van der Waals surface area contributed by atoms with Gasteiger partial charge in [-0.25, -0.2) is 0 Å². The summed E-state index contributed by atoms with van der Waals surface area (Å²) in [6.07, 6.45) is 5.05. The van der Waals surface area contributed by atoms with Gasteiger partial charge in [-0.3, -0.25) is 9.59 Å². The fraction of sp³-hybridized carbons (Fsp3) is 0.846. The molecule has 5 nitrogen and oxygen atoms in total. The zero-order chi connectivity index (χ0) is 12.7. The Bertz CT molecular complexity index is 375. The predicted octanol–water partition coefficient (Wildman–Crippen LogP) is 0.176. The molecule has 0 spiro atoms. The summed E-state index contributed by atoms with van der Waals surface area (Å²) in [5, 5.41) is 5.68. The number of amides is 2. The van der Waals surface area contributed by atoms with Gasteiger partial charge in [-0.05, 0) is 43.9 Å². The van der Waals surface area contributed by atoms with Crippen molar-refractivity contribution in [2.24, 2.45) is 23.5 Å². The molecular weight excluding hydrogens is 266 g/mol. The van der Waals surface area contributed by atoms with Gasteiger partial charge in [0.2, 0.25) is 11.8 Å². The van der Waals surface area contributed by atoms with E-state index in [9.17, 15) is 9.59 Å². The van der Waals surface area contributed by atoms with Crippen LogP contribution in [0.1, 0.15) is 32.1 Å². The van der Waals surface area contributed by atoms with Crippen LogP contribution in [0, 0.1) is 17.8 Å². The molecule has 0 aromatic carbocycles. The molecule has 5 atom stereocenters. The quantitative estimate of drug-likeness (QED) is 0.677. The van der Waals surface area contributed by atoms with Crippen molar-refractivity contribution in [1.82, 2.24) is 10.6 Å². The Hall–Kier alpha value is -0.810. The standard InChI is InChI=1S/C13H21N3O2.ClH/c14-11-8-4-3-7(6-8)10(11)13(18)16-9-2-1-5-15-12(9)17;/h7-11H,1-6,14H2,(H,15,17)(H,16,18);1H. The molecule has 0 aromatic rings. The van der Waals surface area contributed by atoms with Crippen LogP contribution >= 0.6 is 12.4 Å². The van der Waals surface area contributed by atoms with E-state index in [1.165, 1.54) is 6.42 Å². The summed E-state index contributed by atoms with van der Waals surface area (Å²) in [7, 11) is 0. The second-order valence-electron chi connectivity index (χ2n) is 5.93. The second kappa shape index (κ2) is 5.67. The highest BCUT2D eigenvalue weighted by molar-refractivity contribution is 5.89. The maximum Gasteiger partial charge on any atom is 0.242 e. The fourth-order valence-electron chi connectivity index (χ4n) is 3.90. The lowest BCUT2D eigenvalue weighted by Gasteiger charge is -2.30. The van der Waals surface area contributed by atoms with Gasteiger partial charge in [0.05, 0.1) is 5.92 Å². The van der Waals surface area contributed by atoms with Crippen molar-refractivity contribution in [3.63, 3.8) is 0 Å². The zero-order valence-corrected chi connectivity index (χ0v) is 11.7. The van der Waals surface area contributed by atoms with Crippen LogP contribution in [0.3, 0.4) is 0 Å². The SMILES string of the molecule is Cl.NC1C2CCC(C2)C1C(=O)NC1CCCNC1=O. The molecule has 108 valence electrons. The van der Waals surface area contributed by atoms with E-state index in [0.717, 1.165) is 32.2 Å². The van der Waals surface area contributed by atoms with Crippen LogP contribution in [0.2, 0.25) is 0 Å². The molecule has 0 aromatic heterocycles. The first-order chi connectivity index (χ1) is 8.66. The van der Waals surface area contributed by atoms with Gasteiger partial charge in [0.15, 0.2) is 0 Å². The normalized spacial score (nSPS) is 40.5. The molecule has 1 saturated heterocycles. The molecule has 0 radical (unpaired) electrons. The first-order valence-corrected chi connectivity index (χ1v) is 7.00. The number of nitrogens with two attached hydrogens (primary N) is 1. The Balaban J connectivity index is 0.00000133. The summed E-state index contributed by atoms with van der Waals surface area (Å²) in [5.74, 6) is 0.837. The number of hydrogen-bond donors (Lipinski definition) is 3. The van der Waals surface area contributed by atoms with Crippen LogP contribution < -0.4 is 16.4 Å². The van der Waals surface area contributed by atoms with Crippen molar-refractivity contribution >= 4 is 24.2 Å². The third kappa shape index (κ3) is 2.58. The maximum atomic E-state index is 12.3. The number of nitrogens with one attached hydrogen (secondary N) is 2. The fourth-order valence-corrected chi connectivity index (χ4v) is 3.90. The van der Waals surface area contributed by atoms with Gasteiger partial charge in [-0.15, -0.1) is 12.4 Å². The van der Waals surface area contributed by atoms with E-state index in [0.29, 0.717) is 11.8 Å². The summed E-state index contributed by atoms with van der Waals surface area (Å²) in [6.45, 7) is 0.721. The summed E-state index contributed by atoms with van der Waals surface area (Å²) in [4.78, 5) is 23.9. The van der Waals surface area contributed by atoms with Crippen molar-refractivity contribution in [1.29, 1.82) is 0 Å². The van der Waals surface area contributed by atoms with Crippen molar-refractivity contribution in [2.75, 3.05) is 6.54 Å². The highest BCUT2D eigenvalue weighted by atomic mass is 35.5. The summed E-state index contributed by atoms with van der Waals surface area (Å²) < 4.78 is 0. The van der Waals surface area contributed by atoms with E-state index < -0.39 is 0 Å². The van der Waals surface area contributed by atoms with E-state index in [4.69, 9.17) is 5.73 Å². The number of halogens is 1. The van der Waals surface area contributed by atoms with Crippen molar-refractivity contribution in [3.8, 4) is 0 Å². The minimum absolute atomic E-state index is 0. The number of piperidine rings is 1. The topological polar surface area (TPSA) is 84.2 Å². The Morgan fingerprint density at radius 3 is 2.63 bits per heavy atom. The monoisotopic (exact) mass is 287 g/mol. The van der Waals surface area contributed by atoms with Crippen LogP contribution in [0.15, 0.2) is 0 Å². The molecule has 1 aliphatic heterocycles. The average molecular weight is 288 g/mol. The highest BCUT2D eigenvalue weighted by Gasteiger charge is 2.49. The lowest BCUT2D eigenvalue weighted by atomic mass is 9.84. The highest BCUT2D eigenvalue weighted by Crippen LogP contribution is 2.47. The first-order valence-electron chi connectivity index (χ1n) is 7.00. The van der Waals surface area contributed by atoms with E-state index in [2.05, 4.69) is 10.6 Å². The minimum Gasteiger partial charge on any atom is -0.354 e. The van der Waals surface area contributed by atoms with E-state index >= 15 is 0 Å². The number of rotatable bonds is 2. The van der Waals surface area contributed by atoms with Crippen LogP contribution in [0.4, 0.5) is 0 Å². The van der Waals surface area contributed by atoms with Gasteiger partial charge in [0.25, 0.3) is 0 Å². The van der Waals surface area contributed by atoms with E-state index in [1.54, 1.807) is 0 Å². The number of hydrogen-bond acceptors (Lipinski definition) is 3. The number of carbonyl (C=O) groups is 2. The molecule has 3 rings (SSSR count). The molecule has 2 aliphatic carbocycles. The molecule has 2 amide bonds. The molecule has 1 heterocycles. The number of carbonyl (C=O) groups excluding carboxylic acids is 2. The Morgan fingerprint density at radius 2 is 2.00 bits per heavy atom. The molecule has 5 unspecified atom stereocenters. The Kier molecular flexibility index (Phi) is 4.36. The summed E-state index contributed by atoms with van der Waals surface area (Å²) in [6, 6.07) is -0.354. The molecule has 6 heteroatoms. The van der Waals surface area contributed by atoms with Crippen molar-refractivity contribution < 1.29 is 9.59 Å². The third-order valence-electron chi connectivity index (χ3n) is 4.89. The Morgan fingerprint density at radius 1 is 1.26 bits per heavy atom. The lowest BCUT2D eigenvalue weighted by molar-refractivity contribution is -0.133. The van der Waals surface area contributed by atoms with Crippen molar-refractivity contribution in [2.45, 2.75) is 44.2 Å². The smallest absolute Gasteiger partial charge is 0.242 e. The largest absolute Gasteiger partial charge is 0.354 e. The van der Waals surface area contributed by atoms with E-state index in [1.807, 2.05) is 0 Å². The molecule has 2 bridgehead atoms. The molecular formula is C13H22ClN3O2. The average Bonchev–Trinajstić information content (AvgIpc) is 2.92. The maximum absolute atomic E-state index is 12.3. The van der Waals surface area contributed by atoms with Crippen LogP contribution in [0.25, 0.3) is 0 Å². The first kappa shape index (κ1) is 14.6. The van der Waals surface area contributed by atoms with Crippen LogP contribution in [-0.4, -0.2) is 30.4 Å². The molecule has 2 saturated carbocycles. The second-order valence-corrected chi connectivity index (χ2v) is 5.93. The molecule has 19 heavy (non-hydrogen) atoms. The minimum atomic E-state index is -0.349. The predicted molar refractivity (Wildman–Crippen MR) is 73.7 cm³/mol. The third-order valence-corrected chi connectivity index (χ3v) is 4.89. The number of fused-ring (bicyclic) bond motifs is 2. The van der Waals surface area contributed by atoms with Gasteiger partial charge in [0, 0.05) is 12.6 Å². The van der Waals surface area contributed by atoms with Gasteiger partial charge in [-0.2, -0.15) is 0 Å². The summed E-state index contributed by atoms with van der Waals surface area (Å²) in [5.41, 5.74) is 6.14. The Labute approximate surface area is 119 Å². The van der Waals surface area contributed by atoms with Gasteiger partial charge in [-0.1, -0.05) is 0 Å². The van der Waals surface area contributed by atoms with Crippen LogP contribution in [0.5, 0.6) is 0 Å². The van der Waals surface area contributed by atoms with Crippen LogP contribution in [-0.2, 0) is 9.59 Å². The van der Waals surface area contributed by atoms with E-state index in [-0.39, 0.29) is 42.2 Å². The van der Waals surface area contributed by atoms with Gasteiger partial charge >= 0.3 is 0 Å². The van der Waals surface area contributed by atoms with Gasteiger partial charge < -0.3 is 16.4 Å². The molecule has 3 fully saturated rings.